The van der Waals surface area contributed by atoms with Crippen molar-refractivity contribution in [3.05, 3.63) is 0 Å². The number of halogens is 3. The summed E-state index contributed by atoms with van der Waals surface area (Å²) in [7, 11) is 2.04. The highest BCUT2D eigenvalue weighted by atomic mass is 19.4. The van der Waals surface area contributed by atoms with Crippen molar-refractivity contribution >= 4 is 0 Å². The fourth-order valence-corrected chi connectivity index (χ4v) is 1.74. The minimum Gasteiger partial charge on any atom is -0.374 e. The lowest BCUT2D eigenvalue weighted by atomic mass is 10.3. The molecule has 1 saturated heterocycles. The topological polar surface area (TPSA) is 33.7 Å². The summed E-state index contributed by atoms with van der Waals surface area (Å²) in [6.07, 6.45) is -3.49. The monoisotopic (exact) mass is 270 g/mol. The first kappa shape index (κ1) is 15.7. The number of hydrogen-bond donors (Lipinski definition) is 1. The predicted molar refractivity (Wildman–Crippen MR) is 61.6 cm³/mol. The molecule has 18 heavy (non-hydrogen) atoms. The van der Waals surface area contributed by atoms with E-state index >= 15 is 0 Å². The van der Waals surface area contributed by atoms with E-state index in [9.17, 15) is 13.2 Å². The number of morpholine rings is 1. The molecule has 1 fully saturated rings. The number of rotatable bonds is 7. The first-order valence-corrected chi connectivity index (χ1v) is 6.13. The molecule has 1 atom stereocenters. The molecule has 0 spiro atoms. The molecule has 4 nitrogen and oxygen atoms in total. The summed E-state index contributed by atoms with van der Waals surface area (Å²) in [5.74, 6) is 0. The number of nitrogens with zero attached hydrogens (tertiary/aromatic N) is 1. The van der Waals surface area contributed by atoms with E-state index in [4.69, 9.17) is 4.74 Å². The molecule has 0 aromatic rings. The number of nitrogens with one attached hydrogen (secondary N) is 1. The molecule has 7 heteroatoms. The third-order valence-electron chi connectivity index (χ3n) is 2.62. The van der Waals surface area contributed by atoms with E-state index in [1.54, 1.807) is 0 Å². The van der Waals surface area contributed by atoms with Gasteiger partial charge in [-0.05, 0) is 20.0 Å². The normalized spacial score (nSPS) is 22.3. The molecule has 0 bridgehead atoms. The van der Waals surface area contributed by atoms with Gasteiger partial charge < -0.3 is 19.7 Å². The van der Waals surface area contributed by atoms with Crippen LogP contribution in [0, 0.1) is 0 Å². The van der Waals surface area contributed by atoms with Crippen molar-refractivity contribution in [3.8, 4) is 0 Å². The summed E-state index contributed by atoms with van der Waals surface area (Å²) in [4.78, 5) is 2.20. The zero-order valence-corrected chi connectivity index (χ0v) is 10.6. The molecule has 1 N–H and O–H groups in total. The largest absolute Gasteiger partial charge is 0.411 e. The molecule has 1 aliphatic heterocycles. The summed E-state index contributed by atoms with van der Waals surface area (Å²) >= 11 is 0. The summed E-state index contributed by atoms with van der Waals surface area (Å²) in [6.45, 7) is 2.89. The van der Waals surface area contributed by atoms with Gasteiger partial charge in [0.25, 0.3) is 0 Å². The third-order valence-corrected chi connectivity index (χ3v) is 2.62. The van der Waals surface area contributed by atoms with Gasteiger partial charge in [0, 0.05) is 26.2 Å². The van der Waals surface area contributed by atoms with Crippen LogP contribution in [0.4, 0.5) is 13.2 Å². The zero-order valence-electron chi connectivity index (χ0n) is 10.6. The Balaban J connectivity index is 1.89. The molecular formula is C11H21F3N2O2. The Kier molecular flexibility index (Phi) is 6.91. The quantitative estimate of drug-likeness (QED) is 0.696. The van der Waals surface area contributed by atoms with Gasteiger partial charge in [-0.25, -0.2) is 0 Å². The van der Waals surface area contributed by atoms with Crippen LogP contribution >= 0.6 is 0 Å². The van der Waals surface area contributed by atoms with Gasteiger partial charge in [0.1, 0.15) is 6.61 Å². The van der Waals surface area contributed by atoms with E-state index < -0.39 is 12.8 Å². The van der Waals surface area contributed by atoms with Gasteiger partial charge in [-0.1, -0.05) is 0 Å². The van der Waals surface area contributed by atoms with Crippen molar-refractivity contribution in [2.24, 2.45) is 0 Å². The van der Waals surface area contributed by atoms with Crippen molar-refractivity contribution in [2.75, 3.05) is 53.0 Å². The Labute approximate surface area is 105 Å². The van der Waals surface area contributed by atoms with Gasteiger partial charge in [0.05, 0.1) is 12.7 Å². The molecule has 0 saturated carbocycles. The van der Waals surface area contributed by atoms with E-state index in [0.29, 0.717) is 13.0 Å². The highest BCUT2D eigenvalue weighted by Gasteiger charge is 2.27. The smallest absolute Gasteiger partial charge is 0.374 e. The Morgan fingerprint density at radius 1 is 1.44 bits per heavy atom. The van der Waals surface area contributed by atoms with Crippen LogP contribution in [0.25, 0.3) is 0 Å². The van der Waals surface area contributed by atoms with E-state index in [-0.39, 0.29) is 12.7 Å². The highest BCUT2D eigenvalue weighted by molar-refractivity contribution is 4.70. The lowest BCUT2D eigenvalue weighted by Crippen LogP contribution is -2.45. The standard InChI is InChI=1S/C11H21F3N2O2/c1-16-4-6-18-10(8-16)7-15-3-2-5-17-9-11(12,13)14/h10,15H,2-9H2,1H3. The average molecular weight is 270 g/mol. The van der Waals surface area contributed by atoms with Crippen LogP contribution in [0.3, 0.4) is 0 Å². The fraction of sp³-hybridized carbons (Fsp3) is 1.00. The van der Waals surface area contributed by atoms with Crippen LogP contribution < -0.4 is 5.32 Å². The summed E-state index contributed by atoms with van der Waals surface area (Å²) < 4.78 is 45.3. The third kappa shape index (κ3) is 7.86. The summed E-state index contributed by atoms with van der Waals surface area (Å²) in [5.41, 5.74) is 0. The maximum absolute atomic E-state index is 11.7. The second-order valence-electron chi connectivity index (χ2n) is 4.48. The van der Waals surface area contributed by atoms with Crippen molar-refractivity contribution in [1.29, 1.82) is 0 Å². The molecule has 1 rings (SSSR count). The van der Waals surface area contributed by atoms with Gasteiger partial charge in [0.2, 0.25) is 0 Å². The number of ether oxygens (including phenoxy) is 2. The summed E-state index contributed by atoms with van der Waals surface area (Å²) in [6, 6.07) is 0. The van der Waals surface area contributed by atoms with Crippen LogP contribution in [-0.4, -0.2) is 70.2 Å². The SMILES string of the molecule is CN1CCOC(CNCCCOCC(F)(F)F)C1. The lowest BCUT2D eigenvalue weighted by molar-refractivity contribution is -0.173. The molecule has 1 unspecified atom stereocenters. The molecular weight excluding hydrogens is 249 g/mol. The van der Waals surface area contributed by atoms with Crippen molar-refractivity contribution in [3.63, 3.8) is 0 Å². The van der Waals surface area contributed by atoms with Gasteiger partial charge >= 0.3 is 6.18 Å². The molecule has 1 aliphatic rings. The maximum Gasteiger partial charge on any atom is 0.411 e. The van der Waals surface area contributed by atoms with E-state index in [1.165, 1.54) is 0 Å². The lowest BCUT2D eigenvalue weighted by Gasteiger charge is -2.30. The highest BCUT2D eigenvalue weighted by Crippen LogP contribution is 2.14. The van der Waals surface area contributed by atoms with Gasteiger partial charge in [-0.15, -0.1) is 0 Å². The predicted octanol–water partition coefficient (Wildman–Crippen LogP) is 0.876. The molecule has 0 aromatic heterocycles. The van der Waals surface area contributed by atoms with E-state index in [1.807, 2.05) is 7.05 Å². The first-order valence-electron chi connectivity index (χ1n) is 6.13. The van der Waals surface area contributed by atoms with Crippen LogP contribution in [0.2, 0.25) is 0 Å². The van der Waals surface area contributed by atoms with Gasteiger partial charge in [-0.2, -0.15) is 13.2 Å². The number of alkyl halides is 3. The molecule has 0 amide bonds. The number of likely N-dealkylation sites (N-methyl/N-ethyl adjacent to an activating group) is 1. The second-order valence-corrected chi connectivity index (χ2v) is 4.48. The Bertz CT molecular complexity index is 227. The Morgan fingerprint density at radius 2 is 2.22 bits per heavy atom. The number of hydrogen-bond acceptors (Lipinski definition) is 4. The molecule has 0 radical (unpaired) electrons. The van der Waals surface area contributed by atoms with Crippen molar-refractivity contribution < 1.29 is 22.6 Å². The fourth-order valence-electron chi connectivity index (χ4n) is 1.74. The zero-order chi connectivity index (χ0) is 13.4. The second kappa shape index (κ2) is 7.93. The van der Waals surface area contributed by atoms with E-state index in [2.05, 4.69) is 15.0 Å². The van der Waals surface area contributed by atoms with Crippen LogP contribution in [0.5, 0.6) is 0 Å². The Hall–Kier alpha value is -0.370. The average Bonchev–Trinajstić information content (AvgIpc) is 2.26. The Morgan fingerprint density at radius 3 is 2.89 bits per heavy atom. The minimum absolute atomic E-state index is 0.123. The maximum atomic E-state index is 11.7. The van der Waals surface area contributed by atoms with Crippen molar-refractivity contribution in [2.45, 2.75) is 18.7 Å². The van der Waals surface area contributed by atoms with Crippen LogP contribution in [0.1, 0.15) is 6.42 Å². The molecule has 0 aromatic carbocycles. The van der Waals surface area contributed by atoms with Gasteiger partial charge in [0.15, 0.2) is 0 Å². The van der Waals surface area contributed by atoms with Crippen LogP contribution in [-0.2, 0) is 9.47 Å². The summed E-state index contributed by atoms with van der Waals surface area (Å²) in [5, 5.41) is 3.16. The van der Waals surface area contributed by atoms with Crippen molar-refractivity contribution in [1.82, 2.24) is 10.2 Å². The van der Waals surface area contributed by atoms with Gasteiger partial charge in [-0.3, -0.25) is 0 Å². The molecule has 108 valence electrons. The minimum atomic E-state index is -4.23. The molecule has 0 aliphatic carbocycles. The van der Waals surface area contributed by atoms with Crippen LogP contribution in [0.15, 0.2) is 0 Å². The first-order chi connectivity index (χ1) is 8.47. The molecule has 1 heterocycles. The van der Waals surface area contributed by atoms with E-state index in [0.717, 1.165) is 26.2 Å².